The van der Waals surface area contributed by atoms with Gasteiger partial charge in [-0.25, -0.2) is 0 Å². The van der Waals surface area contributed by atoms with E-state index in [4.69, 9.17) is 28.4 Å². The summed E-state index contributed by atoms with van der Waals surface area (Å²) in [4.78, 5) is 0. The van der Waals surface area contributed by atoms with Crippen molar-refractivity contribution in [2.75, 3.05) is 42.7 Å². The lowest BCUT2D eigenvalue weighted by molar-refractivity contribution is 0.252. The molecular weight excluding hydrogens is 456 g/mol. The number of ether oxygens (including phenoxy) is 6. The van der Waals surface area contributed by atoms with Gasteiger partial charge >= 0.3 is 0 Å². The Kier molecular flexibility index (Phi) is 6.27. The van der Waals surface area contributed by atoms with E-state index in [0.29, 0.717) is 11.5 Å². The highest BCUT2D eigenvalue weighted by Crippen LogP contribution is 2.54. The molecule has 3 aromatic carbocycles. The summed E-state index contributed by atoms with van der Waals surface area (Å²) in [6.45, 7) is 0. The van der Waals surface area contributed by atoms with Gasteiger partial charge in [-0.1, -0.05) is 48.5 Å². The molecule has 5 rings (SSSR count). The van der Waals surface area contributed by atoms with E-state index in [1.807, 2.05) is 36.4 Å². The van der Waals surface area contributed by atoms with Crippen LogP contribution in [0.3, 0.4) is 0 Å². The lowest BCUT2D eigenvalue weighted by Crippen LogP contribution is -2.12. The number of hydrogen-bond acceptors (Lipinski definition) is 6. The molecule has 0 amide bonds. The second-order valence-corrected chi connectivity index (χ2v) is 8.55. The first-order valence-corrected chi connectivity index (χ1v) is 11.7. The first-order valence-electron chi connectivity index (χ1n) is 11.7. The monoisotopic (exact) mass is 486 g/mol. The van der Waals surface area contributed by atoms with Crippen LogP contribution in [0, 0.1) is 0 Å². The highest BCUT2D eigenvalue weighted by Gasteiger charge is 2.42. The summed E-state index contributed by atoms with van der Waals surface area (Å²) in [5.41, 5.74) is 6.12. The molecule has 0 aromatic heterocycles. The molecule has 0 N–H and O–H groups in total. The lowest BCUT2D eigenvalue weighted by atomic mass is 9.81. The molecule has 2 aliphatic carbocycles. The van der Waals surface area contributed by atoms with Gasteiger partial charge in [0, 0.05) is 0 Å². The van der Waals surface area contributed by atoms with Crippen molar-refractivity contribution in [3.63, 3.8) is 0 Å². The van der Waals surface area contributed by atoms with E-state index >= 15 is 0 Å². The van der Waals surface area contributed by atoms with Crippen LogP contribution in [0.15, 0.2) is 72.2 Å². The molecule has 0 heterocycles. The largest absolute Gasteiger partial charge is 0.496 e. The fraction of sp³-hybridized carbons (Fsp3) is 0.267. The van der Waals surface area contributed by atoms with E-state index in [9.17, 15) is 0 Å². The second kappa shape index (κ2) is 9.53. The van der Waals surface area contributed by atoms with E-state index in [2.05, 4.69) is 24.3 Å². The van der Waals surface area contributed by atoms with Gasteiger partial charge in [0.2, 0.25) is 0 Å². The average molecular weight is 487 g/mol. The quantitative estimate of drug-likeness (QED) is 0.394. The minimum atomic E-state index is -0.190. The Morgan fingerprint density at radius 3 is 1.14 bits per heavy atom. The molecule has 0 spiro atoms. The molecule has 2 unspecified atom stereocenters. The number of rotatable bonds is 8. The molecule has 36 heavy (non-hydrogen) atoms. The minimum Gasteiger partial charge on any atom is -0.496 e. The van der Waals surface area contributed by atoms with Gasteiger partial charge in [-0.2, -0.15) is 0 Å². The van der Waals surface area contributed by atoms with Crippen LogP contribution in [-0.4, -0.2) is 42.7 Å². The Labute approximate surface area is 211 Å². The van der Waals surface area contributed by atoms with Gasteiger partial charge in [0.05, 0.1) is 65.6 Å². The number of hydrogen-bond donors (Lipinski definition) is 0. The average Bonchev–Trinajstić information content (AvgIpc) is 3.44. The molecule has 0 aliphatic heterocycles. The highest BCUT2D eigenvalue weighted by atomic mass is 16.5. The standard InChI is InChI=1S/C30H30O6/c1-31-21-15-9-13-19-23(27(33-3)29(35-5)25(19)21)17-11-7-8-12-18(17)24-20-14-10-16-22(32-2)26(20)30(36-6)28(24)34-4/h7-16,23-24H,1-6H3. The SMILES string of the molecule is COC1=C(OC)C(c2ccccc2C2C(OC)=C(OC)c3c(OC)cccc32)c2cccc(OC)c21. The van der Waals surface area contributed by atoms with Crippen molar-refractivity contribution in [3.05, 3.63) is 106 Å². The van der Waals surface area contributed by atoms with Crippen molar-refractivity contribution < 1.29 is 28.4 Å². The fourth-order valence-corrected chi connectivity index (χ4v) is 5.68. The smallest absolute Gasteiger partial charge is 0.168 e. The summed E-state index contributed by atoms with van der Waals surface area (Å²) in [7, 11) is 10.0. The Bertz CT molecular complexity index is 1270. The summed E-state index contributed by atoms with van der Waals surface area (Å²) < 4.78 is 35.1. The third kappa shape index (κ3) is 3.32. The molecular formula is C30H30O6. The van der Waals surface area contributed by atoms with E-state index in [-0.39, 0.29) is 11.8 Å². The Morgan fingerprint density at radius 2 is 0.806 bits per heavy atom. The maximum absolute atomic E-state index is 5.99. The number of benzene rings is 3. The van der Waals surface area contributed by atoms with Crippen LogP contribution in [0.5, 0.6) is 11.5 Å². The van der Waals surface area contributed by atoms with Gasteiger partial charge in [-0.3, -0.25) is 0 Å². The maximum atomic E-state index is 5.99. The lowest BCUT2D eigenvalue weighted by Gasteiger charge is -2.24. The summed E-state index contributed by atoms with van der Waals surface area (Å²) >= 11 is 0. The molecule has 186 valence electrons. The van der Waals surface area contributed by atoms with Crippen LogP contribution in [0.2, 0.25) is 0 Å². The van der Waals surface area contributed by atoms with E-state index < -0.39 is 0 Å². The van der Waals surface area contributed by atoms with Crippen molar-refractivity contribution in [3.8, 4) is 11.5 Å². The van der Waals surface area contributed by atoms with Crippen molar-refractivity contribution in [2.45, 2.75) is 11.8 Å². The molecule has 6 heteroatoms. The summed E-state index contributed by atoms with van der Waals surface area (Å²) in [5.74, 6) is 3.95. The molecule has 0 bridgehead atoms. The topological polar surface area (TPSA) is 55.4 Å². The highest BCUT2D eigenvalue weighted by molar-refractivity contribution is 5.81. The van der Waals surface area contributed by atoms with Crippen LogP contribution >= 0.6 is 0 Å². The normalized spacial score (nSPS) is 18.1. The molecule has 0 radical (unpaired) electrons. The van der Waals surface area contributed by atoms with Crippen LogP contribution in [0.4, 0.5) is 0 Å². The zero-order valence-electron chi connectivity index (χ0n) is 21.4. The number of methoxy groups -OCH3 is 6. The molecule has 0 saturated carbocycles. The zero-order chi connectivity index (χ0) is 25.4. The van der Waals surface area contributed by atoms with Crippen LogP contribution in [-0.2, 0) is 18.9 Å². The molecule has 3 aromatic rings. The Morgan fingerprint density at radius 1 is 0.417 bits per heavy atom. The molecule has 6 nitrogen and oxygen atoms in total. The predicted octanol–water partition coefficient (Wildman–Crippen LogP) is 5.92. The van der Waals surface area contributed by atoms with E-state index in [0.717, 1.165) is 56.4 Å². The van der Waals surface area contributed by atoms with E-state index in [1.54, 1.807) is 42.7 Å². The Hall–Kier alpha value is -4.06. The van der Waals surface area contributed by atoms with Crippen molar-refractivity contribution >= 4 is 11.5 Å². The fourth-order valence-electron chi connectivity index (χ4n) is 5.68. The summed E-state index contributed by atoms with van der Waals surface area (Å²) in [6, 6.07) is 20.4. The van der Waals surface area contributed by atoms with Crippen LogP contribution in [0.1, 0.15) is 45.2 Å². The molecule has 0 saturated heterocycles. The summed E-state index contributed by atoms with van der Waals surface area (Å²) in [5, 5.41) is 0. The minimum absolute atomic E-state index is 0.190. The van der Waals surface area contributed by atoms with Gasteiger partial charge in [0.15, 0.2) is 11.5 Å². The molecule has 2 atom stereocenters. The number of allylic oxidation sites excluding steroid dienone is 2. The first-order chi connectivity index (χ1) is 17.6. The van der Waals surface area contributed by atoms with Gasteiger partial charge in [0.25, 0.3) is 0 Å². The predicted molar refractivity (Wildman–Crippen MR) is 138 cm³/mol. The number of fused-ring (bicyclic) bond motifs is 2. The molecule has 2 aliphatic rings. The molecule has 0 fully saturated rings. The second-order valence-electron chi connectivity index (χ2n) is 8.55. The summed E-state index contributed by atoms with van der Waals surface area (Å²) in [6.07, 6.45) is 0. The third-order valence-corrected chi connectivity index (χ3v) is 7.07. The Balaban J connectivity index is 1.78. The van der Waals surface area contributed by atoms with Crippen LogP contribution < -0.4 is 9.47 Å². The van der Waals surface area contributed by atoms with Crippen molar-refractivity contribution in [2.24, 2.45) is 0 Å². The van der Waals surface area contributed by atoms with Gasteiger partial charge in [0.1, 0.15) is 23.0 Å². The van der Waals surface area contributed by atoms with Crippen molar-refractivity contribution in [1.82, 2.24) is 0 Å². The van der Waals surface area contributed by atoms with Gasteiger partial charge < -0.3 is 28.4 Å². The van der Waals surface area contributed by atoms with E-state index in [1.165, 1.54) is 0 Å². The zero-order valence-corrected chi connectivity index (χ0v) is 21.4. The maximum Gasteiger partial charge on any atom is 0.168 e. The van der Waals surface area contributed by atoms with Crippen LogP contribution in [0.25, 0.3) is 11.5 Å². The third-order valence-electron chi connectivity index (χ3n) is 7.07. The van der Waals surface area contributed by atoms with Gasteiger partial charge in [-0.15, -0.1) is 0 Å². The first kappa shape index (κ1) is 23.7. The van der Waals surface area contributed by atoms with Crippen molar-refractivity contribution in [1.29, 1.82) is 0 Å². The van der Waals surface area contributed by atoms with Gasteiger partial charge in [-0.05, 0) is 34.4 Å².